The lowest BCUT2D eigenvalue weighted by Crippen LogP contribution is -1.99. The zero-order chi connectivity index (χ0) is 12.0. The first kappa shape index (κ1) is 9.90. The molecule has 0 bridgehead atoms. The topological polar surface area (TPSA) is 63.3 Å². The van der Waals surface area contributed by atoms with Crippen LogP contribution in [-0.4, -0.2) is 11.1 Å². The highest BCUT2D eigenvalue weighted by atomic mass is 16.4. The van der Waals surface area contributed by atoms with E-state index in [9.17, 15) is 9.90 Å². The quantitative estimate of drug-likeness (QED) is 0.625. The Balaban J connectivity index is 2.34. The van der Waals surface area contributed by atoms with Crippen molar-refractivity contribution in [2.24, 2.45) is 0 Å². The van der Waals surface area contributed by atoms with Gasteiger partial charge in [0.05, 0.1) is 5.56 Å². The van der Waals surface area contributed by atoms with Gasteiger partial charge in [-0.05, 0) is 28.8 Å². The molecule has 0 amide bonds. The minimum atomic E-state index is -0.892. The van der Waals surface area contributed by atoms with Crippen molar-refractivity contribution in [3.05, 3.63) is 53.1 Å². The molecule has 3 heteroatoms. The average Bonchev–Trinajstić information content (AvgIpc) is 2.69. The number of rotatable bonds is 1. The van der Waals surface area contributed by atoms with Crippen molar-refractivity contribution in [2.75, 3.05) is 5.73 Å². The summed E-state index contributed by atoms with van der Waals surface area (Å²) in [6.07, 6.45) is 0.721. The summed E-state index contributed by atoms with van der Waals surface area (Å²) in [4.78, 5) is 11.2. The maximum absolute atomic E-state index is 11.2. The molecular formula is C14H11NO2. The van der Waals surface area contributed by atoms with Crippen LogP contribution in [0.2, 0.25) is 0 Å². The Morgan fingerprint density at radius 3 is 2.71 bits per heavy atom. The normalized spacial score (nSPS) is 12.0. The summed E-state index contributed by atoms with van der Waals surface area (Å²) in [5.74, 6) is -0.892. The predicted octanol–water partition coefficient (Wildman–Crippen LogP) is 2.54. The number of nitrogen functional groups attached to an aromatic ring is 1. The summed E-state index contributed by atoms with van der Waals surface area (Å²) in [5, 5.41) is 9.21. The van der Waals surface area contributed by atoms with Gasteiger partial charge in [0.25, 0.3) is 0 Å². The average molecular weight is 225 g/mol. The molecule has 0 aliphatic heterocycles. The molecule has 0 fully saturated rings. The van der Waals surface area contributed by atoms with Crippen LogP contribution in [0.3, 0.4) is 0 Å². The van der Waals surface area contributed by atoms with Crippen LogP contribution in [0.1, 0.15) is 21.5 Å². The van der Waals surface area contributed by atoms with Crippen LogP contribution in [0.15, 0.2) is 36.4 Å². The van der Waals surface area contributed by atoms with Gasteiger partial charge in [-0.3, -0.25) is 0 Å². The number of nitrogens with two attached hydrogens (primary N) is 1. The summed E-state index contributed by atoms with van der Waals surface area (Å²) < 4.78 is 0. The summed E-state index contributed by atoms with van der Waals surface area (Å²) in [7, 11) is 0. The van der Waals surface area contributed by atoms with E-state index in [-0.39, 0.29) is 0 Å². The molecule has 3 rings (SSSR count). The Bertz CT molecular complexity index is 632. The fraction of sp³-hybridized carbons (Fsp3) is 0.0714. The van der Waals surface area contributed by atoms with Crippen LogP contribution in [-0.2, 0) is 6.42 Å². The van der Waals surface area contributed by atoms with E-state index < -0.39 is 5.97 Å². The van der Waals surface area contributed by atoms with Gasteiger partial charge in [-0.2, -0.15) is 0 Å². The fourth-order valence-electron chi connectivity index (χ4n) is 2.47. The first-order valence-corrected chi connectivity index (χ1v) is 5.41. The molecule has 0 atom stereocenters. The van der Waals surface area contributed by atoms with Crippen LogP contribution in [0, 0.1) is 0 Å². The van der Waals surface area contributed by atoms with Crippen molar-refractivity contribution in [1.82, 2.24) is 0 Å². The number of aromatic carboxylic acids is 1. The van der Waals surface area contributed by atoms with Crippen LogP contribution >= 0.6 is 0 Å². The number of carboxylic acids is 1. The van der Waals surface area contributed by atoms with Gasteiger partial charge in [-0.15, -0.1) is 0 Å². The number of hydrogen-bond donors (Lipinski definition) is 2. The second kappa shape index (κ2) is 3.35. The standard InChI is InChI=1S/C14H11NO2/c15-12-6-2-4-9-11(12)7-8-3-1-5-10(13(8)9)14(16)17/h1-6H,7,15H2,(H,16,17). The van der Waals surface area contributed by atoms with E-state index in [1.807, 2.05) is 24.3 Å². The van der Waals surface area contributed by atoms with Crippen molar-refractivity contribution in [1.29, 1.82) is 0 Å². The number of anilines is 1. The van der Waals surface area contributed by atoms with Crippen molar-refractivity contribution in [3.8, 4) is 11.1 Å². The van der Waals surface area contributed by atoms with Crippen LogP contribution in [0.25, 0.3) is 11.1 Å². The number of benzene rings is 2. The zero-order valence-electron chi connectivity index (χ0n) is 9.10. The Hall–Kier alpha value is -2.29. The van der Waals surface area contributed by atoms with E-state index in [1.165, 1.54) is 0 Å². The number of carbonyl (C=O) groups is 1. The Morgan fingerprint density at radius 2 is 1.94 bits per heavy atom. The smallest absolute Gasteiger partial charge is 0.336 e. The molecule has 84 valence electrons. The number of fused-ring (bicyclic) bond motifs is 3. The third-order valence-corrected chi connectivity index (χ3v) is 3.23. The van der Waals surface area contributed by atoms with Crippen molar-refractivity contribution in [3.63, 3.8) is 0 Å². The summed E-state index contributed by atoms with van der Waals surface area (Å²) in [5.41, 5.74) is 10.9. The van der Waals surface area contributed by atoms with Gasteiger partial charge >= 0.3 is 5.97 Å². The molecule has 0 unspecified atom stereocenters. The van der Waals surface area contributed by atoms with Crippen LogP contribution in [0.4, 0.5) is 5.69 Å². The molecule has 17 heavy (non-hydrogen) atoms. The summed E-state index contributed by atoms with van der Waals surface area (Å²) >= 11 is 0. The molecular weight excluding hydrogens is 214 g/mol. The zero-order valence-corrected chi connectivity index (χ0v) is 9.10. The largest absolute Gasteiger partial charge is 0.478 e. The van der Waals surface area contributed by atoms with Crippen LogP contribution < -0.4 is 5.73 Å². The molecule has 1 aliphatic carbocycles. The first-order valence-electron chi connectivity index (χ1n) is 5.41. The minimum Gasteiger partial charge on any atom is -0.478 e. The molecule has 1 aliphatic rings. The lowest BCUT2D eigenvalue weighted by Gasteiger charge is -2.06. The Labute approximate surface area is 98.5 Å². The highest BCUT2D eigenvalue weighted by Crippen LogP contribution is 2.41. The second-order valence-corrected chi connectivity index (χ2v) is 4.19. The van der Waals surface area contributed by atoms with Crippen molar-refractivity contribution >= 4 is 11.7 Å². The van der Waals surface area contributed by atoms with Gasteiger partial charge in [-0.25, -0.2) is 4.79 Å². The van der Waals surface area contributed by atoms with Gasteiger partial charge in [-0.1, -0.05) is 24.3 Å². The van der Waals surface area contributed by atoms with E-state index in [2.05, 4.69) is 0 Å². The van der Waals surface area contributed by atoms with E-state index in [0.29, 0.717) is 5.56 Å². The lowest BCUT2D eigenvalue weighted by atomic mass is 9.99. The molecule has 0 saturated carbocycles. The Morgan fingerprint density at radius 1 is 1.18 bits per heavy atom. The third kappa shape index (κ3) is 1.32. The van der Waals surface area contributed by atoms with Gasteiger partial charge in [0.2, 0.25) is 0 Å². The molecule has 3 N–H and O–H groups in total. The van der Waals surface area contributed by atoms with Gasteiger partial charge in [0.1, 0.15) is 0 Å². The minimum absolute atomic E-state index is 0.354. The highest BCUT2D eigenvalue weighted by molar-refractivity contribution is 5.99. The molecule has 0 aromatic heterocycles. The second-order valence-electron chi connectivity index (χ2n) is 4.19. The molecule has 2 aromatic carbocycles. The predicted molar refractivity (Wildman–Crippen MR) is 66.1 cm³/mol. The SMILES string of the molecule is Nc1cccc2c1Cc1cccc(C(=O)O)c1-2. The number of hydrogen-bond acceptors (Lipinski definition) is 2. The van der Waals surface area contributed by atoms with E-state index in [4.69, 9.17) is 5.73 Å². The highest BCUT2D eigenvalue weighted by Gasteiger charge is 2.24. The van der Waals surface area contributed by atoms with Crippen molar-refractivity contribution in [2.45, 2.75) is 6.42 Å². The maximum atomic E-state index is 11.2. The molecule has 0 heterocycles. The first-order chi connectivity index (χ1) is 8.18. The fourth-order valence-corrected chi connectivity index (χ4v) is 2.47. The van der Waals surface area contributed by atoms with Gasteiger partial charge in [0.15, 0.2) is 0 Å². The van der Waals surface area contributed by atoms with Crippen molar-refractivity contribution < 1.29 is 9.90 Å². The summed E-state index contributed by atoms with van der Waals surface area (Å²) in [6.45, 7) is 0. The molecule has 0 spiro atoms. The number of carboxylic acid groups (broad SMARTS) is 1. The van der Waals surface area contributed by atoms with E-state index in [0.717, 1.165) is 34.4 Å². The van der Waals surface area contributed by atoms with Crippen LogP contribution in [0.5, 0.6) is 0 Å². The third-order valence-electron chi connectivity index (χ3n) is 3.23. The lowest BCUT2D eigenvalue weighted by molar-refractivity contribution is 0.0697. The molecule has 0 radical (unpaired) electrons. The van der Waals surface area contributed by atoms with Gasteiger partial charge in [0, 0.05) is 17.7 Å². The summed E-state index contributed by atoms with van der Waals surface area (Å²) in [6, 6.07) is 11.0. The van der Waals surface area contributed by atoms with E-state index in [1.54, 1.807) is 12.1 Å². The monoisotopic (exact) mass is 225 g/mol. The molecule has 0 saturated heterocycles. The molecule has 3 nitrogen and oxygen atoms in total. The van der Waals surface area contributed by atoms with Gasteiger partial charge < -0.3 is 10.8 Å². The van der Waals surface area contributed by atoms with E-state index >= 15 is 0 Å². The maximum Gasteiger partial charge on any atom is 0.336 e. The Kier molecular flexibility index (Phi) is 1.95. The molecule has 2 aromatic rings.